The maximum Gasteiger partial charge on any atom is 0.340 e. The zero-order valence-electron chi connectivity index (χ0n) is 12.5. The molecule has 3 heterocycles. The number of ether oxygens (including phenoxy) is 2. The molecule has 0 unspecified atom stereocenters. The van der Waals surface area contributed by atoms with Crippen molar-refractivity contribution >= 4 is 17.6 Å². The van der Waals surface area contributed by atoms with E-state index in [-0.39, 0.29) is 12.4 Å². The van der Waals surface area contributed by atoms with Crippen LogP contribution in [0, 0.1) is 0 Å². The number of aromatic nitrogens is 2. The molecule has 7 heteroatoms. The number of hydrogen-bond acceptors (Lipinski definition) is 6. The van der Waals surface area contributed by atoms with Gasteiger partial charge in [0.2, 0.25) is 5.78 Å². The van der Waals surface area contributed by atoms with Gasteiger partial charge in [-0.15, -0.1) is 0 Å². The average molecular weight is 315 g/mol. The first kappa shape index (κ1) is 15.2. The van der Waals surface area contributed by atoms with E-state index in [4.69, 9.17) is 9.47 Å². The Balaban J connectivity index is 1.56. The Morgan fingerprint density at radius 3 is 2.74 bits per heavy atom. The van der Waals surface area contributed by atoms with E-state index in [1.807, 2.05) is 0 Å². The molecule has 120 valence electrons. The number of nitrogens with one attached hydrogen (secondary N) is 1. The largest absolute Gasteiger partial charge is 0.454 e. The Morgan fingerprint density at radius 1 is 1.26 bits per heavy atom. The van der Waals surface area contributed by atoms with E-state index in [1.54, 1.807) is 30.5 Å². The van der Waals surface area contributed by atoms with Crippen LogP contribution >= 0.6 is 0 Å². The average Bonchev–Trinajstić information content (AvgIpc) is 3.15. The molecule has 1 N–H and O–H groups in total. The fourth-order valence-electron chi connectivity index (χ4n) is 2.28. The van der Waals surface area contributed by atoms with Crippen LogP contribution in [0.1, 0.15) is 20.8 Å². The highest BCUT2D eigenvalue weighted by Gasteiger charge is 2.15. The number of ketones is 1. The van der Waals surface area contributed by atoms with E-state index in [9.17, 15) is 9.59 Å². The van der Waals surface area contributed by atoms with E-state index >= 15 is 0 Å². The van der Waals surface area contributed by atoms with Crippen molar-refractivity contribution in [3.63, 3.8) is 0 Å². The number of pyridine rings is 1. The first-order chi connectivity index (χ1) is 11.2. The highest BCUT2D eigenvalue weighted by Crippen LogP contribution is 2.13. The van der Waals surface area contributed by atoms with Gasteiger partial charge in [0.25, 0.3) is 0 Å². The van der Waals surface area contributed by atoms with Gasteiger partial charge in [-0.25, -0.2) is 9.78 Å². The molecular formula is C16H17N3O4. The molecule has 0 aliphatic carbocycles. The summed E-state index contributed by atoms with van der Waals surface area (Å²) in [6, 6.07) is 6.77. The van der Waals surface area contributed by atoms with Gasteiger partial charge < -0.3 is 19.4 Å². The number of carbonyl (C=O) groups excluding carboxylic acids is 2. The Kier molecular flexibility index (Phi) is 4.68. The van der Waals surface area contributed by atoms with Crippen molar-refractivity contribution in [3.8, 4) is 0 Å². The second kappa shape index (κ2) is 7.06. The van der Waals surface area contributed by atoms with Crippen LogP contribution in [0.25, 0.3) is 0 Å². The van der Waals surface area contributed by atoms with Crippen LogP contribution in [0.15, 0.2) is 36.7 Å². The summed E-state index contributed by atoms with van der Waals surface area (Å²) in [4.78, 5) is 32.9. The van der Waals surface area contributed by atoms with Crippen molar-refractivity contribution in [3.05, 3.63) is 47.9 Å². The lowest BCUT2D eigenvalue weighted by Gasteiger charge is -2.27. The smallest absolute Gasteiger partial charge is 0.340 e. The Bertz CT molecular complexity index is 661. The van der Waals surface area contributed by atoms with Crippen molar-refractivity contribution < 1.29 is 19.1 Å². The number of esters is 1. The SMILES string of the molecule is O=C(OCC(=O)c1ccc[nH]1)c1ccc(N2CCOCC2)nc1. The first-order valence-electron chi connectivity index (χ1n) is 7.36. The summed E-state index contributed by atoms with van der Waals surface area (Å²) in [5.41, 5.74) is 0.736. The van der Waals surface area contributed by atoms with Gasteiger partial charge in [-0.05, 0) is 24.3 Å². The van der Waals surface area contributed by atoms with Crippen molar-refractivity contribution in [1.29, 1.82) is 0 Å². The third kappa shape index (κ3) is 3.75. The van der Waals surface area contributed by atoms with Gasteiger partial charge in [0.05, 0.1) is 24.5 Å². The van der Waals surface area contributed by atoms with Gasteiger partial charge in [0.15, 0.2) is 6.61 Å². The maximum absolute atomic E-state index is 11.9. The van der Waals surface area contributed by atoms with Crippen molar-refractivity contribution in [2.45, 2.75) is 0 Å². The third-order valence-corrected chi connectivity index (χ3v) is 3.55. The van der Waals surface area contributed by atoms with Crippen LogP contribution in [0.3, 0.4) is 0 Å². The van der Waals surface area contributed by atoms with Crippen LogP contribution in [-0.2, 0) is 9.47 Å². The molecule has 3 rings (SSSR count). The van der Waals surface area contributed by atoms with E-state index in [1.165, 1.54) is 6.20 Å². The topological polar surface area (TPSA) is 84.5 Å². The quantitative estimate of drug-likeness (QED) is 0.661. The summed E-state index contributed by atoms with van der Waals surface area (Å²) in [5.74, 6) is -0.0421. The van der Waals surface area contributed by atoms with Gasteiger partial charge in [0.1, 0.15) is 5.82 Å². The number of hydrogen-bond donors (Lipinski definition) is 1. The molecule has 0 aromatic carbocycles. The minimum atomic E-state index is -0.564. The fraction of sp³-hybridized carbons (Fsp3) is 0.312. The van der Waals surface area contributed by atoms with Gasteiger partial charge >= 0.3 is 5.97 Å². The fourth-order valence-corrected chi connectivity index (χ4v) is 2.28. The van der Waals surface area contributed by atoms with Gasteiger partial charge in [-0.1, -0.05) is 0 Å². The molecule has 1 aliphatic rings. The lowest BCUT2D eigenvalue weighted by atomic mass is 10.2. The number of morpholine rings is 1. The molecule has 0 radical (unpaired) electrons. The van der Waals surface area contributed by atoms with Crippen LogP contribution < -0.4 is 4.90 Å². The maximum atomic E-state index is 11.9. The minimum absolute atomic E-state index is 0.277. The van der Waals surface area contributed by atoms with Gasteiger partial charge in [-0.3, -0.25) is 4.79 Å². The van der Waals surface area contributed by atoms with Crippen molar-refractivity contribution in [1.82, 2.24) is 9.97 Å². The van der Waals surface area contributed by atoms with Crippen molar-refractivity contribution in [2.24, 2.45) is 0 Å². The lowest BCUT2D eigenvalue weighted by molar-refractivity contribution is 0.0473. The summed E-state index contributed by atoms with van der Waals surface area (Å²) < 4.78 is 10.3. The molecule has 0 atom stereocenters. The van der Waals surface area contributed by atoms with Crippen LogP contribution in [0.2, 0.25) is 0 Å². The van der Waals surface area contributed by atoms with E-state index in [2.05, 4.69) is 14.9 Å². The zero-order chi connectivity index (χ0) is 16.1. The van der Waals surface area contributed by atoms with Crippen LogP contribution in [0.4, 0.5) is 5.82 Å². The Labute approximate surface area is 133 Å². The second-order valence-electron chi connectivity index (χ2n) is 5.09. The predicted octanol–water partition coefficient (Wildman–Crippen LogP) is 1.29. The molecule has 0 saturated carbocycles. The summed E-state index contributed by atoms with van der Waals surface area (Å²) in [7, 11) is 0. The monoisotopic (exact) mass is 315 g/mol. The molecule has 2 aromatic heterocycles. The van der Waals surface area contributed by atoms with Gasteiger partial charge in [-0.2, -0.15) is 0 Å². The second-order valence-corrected chi connectivity index (χ2v) is 5.09. The molecule has 23 heavy (non-hydrogen) atoms. The molecular weight excluding hydrogens is 298 g/mol. The minimum Gasteiger partial charge on any atom is -0.454 e. The summed E-state index contributed by atoms with van der Waals surface area (Å²) in [5, 5.41) is 0. The summed E-state index contributed by atoms with van der Waals surface area (Å²) in [6.07, 6.45) is 3.11. The summed E-state index contributed by atoms with van der Waals surface area (Å²) >= 11 is 0. The van der Waals surface area contributed by atoms with Crippen molar-refractivity contribution in [2.75, 3.05) is 37.8 Å². The highest BCUT2D eigenvalue weighted by atomic mass is 16.5. The lowest BCUT2D eigenvalue weighted by Crippen LogP contribution is -2.36. The van der Waals surface area contributed by atoms with E-state index < -0.39 is 5.97 Å². The summed E-state index contributed by atoms with van der Waals surface area (Å²) in [6.45, 7) is 2.60. The van der Waals surface area contributed by atoms with Crippen LogP contribution in [-0.4, -0.2) is 54.6 Å². The number of nitrogens with zero attached hydrogens (tertiary/aromatic N) is 2. The molecule has 7 nitrogen and oxygen atoms in total. The number of rotatable bonds is 5. The highest BCUT2D eigenvalue weighted by molar-refractivity contribution is 5.98. The third-order valence-electron chi connectivity index (χ3n) is 3.55. The molecule has 1 fully saturated rings. The van der Waals surface area contributed by atoms with E-state index in [0.717, 1.165) is 18.9 Å². The first-order valence-corrected chi connectivity index (χ1v) is 7.36. The normalized spacial score (nSPS) is 14.5. The molecule has 2 aromatic rings. The predicted molar refractivity (Wildman–Crippen MR) is 82.7 cm³/mol. The molecule has 1 saturated heterocycles. The molecule has 0 spiro atoms. The molecule has 0 amide bonds. The van der Waals surface area contributed by atoms with E-state index in [0.29, 0.717) is 24.5 Å². The zero-order valence-corrected chi connectivity index (χ0v) is 12.5. The number of Topliss-reactive ketones (excluding diaryl/α,β-unsaturated/α-hetero) is 1. The number of aromatic amines is 1. The Hall–Kier alpha value is -2.67. The van der Waals surface area contributed by atoms with Gasteiger partial charge in [0, 0.05) is 25.5 Å². The number of carbonyl (C=O) groups is 2. The Morgan fingerprint density at radius 2 is 2.09 bits per heavy atom. The van der Waals surface area contributed by atoms with Crippen LogP contribution in [0.5, 0.6) is 0 Å². The number of H-pyrrole nitrogens is 1. The molecule has 0 bridgehead atoms. The molecule has 1 aliphatic heterocycles. The number of anilines is 1. The standard InChI is InChI=1S/C16H17N3O4/c20-14(13-2-1-5-17-13)11-23-16(21)12-3-4-15(18-10-12)19-6-8-22-9-7-19/h1-5,10,17H,6-9,11H2.